The molecule has 0 aliphatic carbocycles. The molecular weight excluding hydrogens is 170 g/mol. The predicted molar refractivity (Wildman–Crippen MR) is 36.9 cm³/mol. The van der Waals surface area contributed by atoms with Gasteiger partial charge in [-0.2, -0.15) is 8.78 Å². The van der Waals surface area contributed by atoms with Gasteiger partial charge in [0, 0.05) is 6.42 Å². The lowest BCUT2D eigenvalue weighted by atomic mass is 10.2. The van der Waals surface area contributed by atoms with Gasteiger partial charge >= 0.3 is 17.7 Å². The van der Waals surface area contributed by atoms with E-state index in [2.05, 4.69) is 4.74 Å². The maximum absolute atomic E-state index is 12.5. The zero-order chi connectivity index (χ0) is 9.78. The van der Waals surface area contributed by atoms with Crippen LogP contribution in [0.25, 0.3) is 0 Å². The van der Waals surface area contributed by atoms with Crippen LogP contribution in [0, 0.1) is 0 Å². The highest BCUT2D eigenvalue weighted by molar-refractivity contribution is 6.36. The highest BCUT2D eigenvalue weighted by Crippen LogP contribution is 2.19. The molecule has 5 heteroatoms. The van der Waals surface area contributed by atoms with Crippen molar-refractivity contribution in [2.45, 2.75) is 26.2 Å². The normalized spacial score (nSPS) is 11.0. The van der Waals surface area contributed by atoms with Gasteiger partial charge in [0.2, 0.25) is 0 Å². The molecule has 0 bridgehead atoms. The fourth-order valence-electron chi connectivity index (χ4n) is 0.507. The number of alkyl halides is 2. The monoisotopic (exact) mass is 180 g/mol. The molecule has 0 aromatic rings. The third kappa shape index (κ3) is 2.56. The average molecular weight is 180 g/mol. The van der Waals surface area contributed by atoms with Gasteiger partial charge in [-0.3, -0.25) is 4.79 Å². The lowest BCUT2D eigenvalue weighted by molar-refractivity contribution is -0.165. The highest BCUT2D eigenvalue weighted by atomic mass is 19.3. The number of halogens is 2. The molecule has 0 amide bonds. The molecule has 0 N–H and O–H groups in total. The van der Waals surface area contributed by atoms with Gasteiger partial charge in [-0.25, -0.2) is 4.79 Å². The summed E-state index contributed by atoms with van der Waals surface area (Å²) >= 11 is 0. The molecule has 0 radical (unpaired) electrons. The van der Waals surface area contributed by atoms with Crippen molar-refractivity contribution < 1.29 is 23.1 Å². The summed E-state index contributed by atoms with van der Waals surface area (Å²) in [5.74, 6) is -6.83. The Kier molecular flexibility index (Phi) is 3.79. The van der Waals surface area contributed by atoms with E-state index >= 15 is 0 Å². The summed E-state index contributed by atoms with van der Waals surface area (Å²) in [5, 5.41) is 0. The summed E-state index contributed by atoms with van der Waals surface area (Å²) in [5.41, 5.74) is 0. The van der Waals surface area contributed by atoms with Gasteiger partial charge in [0.1, 0.15) is 0 Å². The van der Waals surface area contributed by atoms with Crippen molar-refractivity contribution in [3.8, 4) is 0 Å². The van der Waals surface area contributed by atoms with Gasteiger partial charge in [-0.05, 0) is 6.92 Å². The van der Waals surface area contributed by atoms with Crippen LogP contribution in [-0.4, -0.2) is 24.3 Å². The Hall–Kier alpha value is -1.00. The summed E-state index contributed by atoms with van der Waals surface area (Å²) in [6, 6.07) is 0. The fraction of sp³-hybridized carbons (Fsp3) is 0.714. The number of carbonyl (C=O) groups is 2. The van der Waals surface area contributed by atoms with Crippen molar-refractivity contribution >= 4 is 11.8 Å². The van der Waals surface area contributed by atoms with Crippen molar-refractivity contribution in [2.75, 3.05) is 6.61 Å². The van der Waals surface area contributed by atoms with Crippen molar-refractivity contribution in [3.63, 3.8) is 0 Å². The molecule has 0 aliphatic heterocycles. The summed E-state index contributed by atoms with van der Waals surface area (Å²) in [4.78, 5) is 21.1. The number of ketones is 1. The summed E-state index contributed by atoms with van der Waals surface area (Å²) in [6.45, 7) is 2.48. The minimum Gasteiger partial charge on any atom is -0.460 e. The first-order valence-electron chi connectivity index (χ1n) is 3.55. The number of ether oxygens (including phenoxy) is 1. The second-order valence-corrected chi connectivity index (χ2v) is 2.11. The molecule has 0 heterocycles. The number of carbonyl (C=O) groups excluding carboxylic acids is 2. The Morgan fingerprint density at radius 3 is 2.17 bits per heavy atom. The van der Waals surface area contributed by atoms with Crippen LogP contribution >= 0.6 is 0 Å². The number of hydrogen-bond donors (Lipinski definition) is 0. The zero-order valence-electron chi connectivity index (χ0n) is 6.89. The smallest absolute Gasteiger partial charge is 0.381 e. The van der Waals surface area contributed by atoms with Gasteiger partial charge in [-0.15, -0.1) is 0 Å². The van der Waals surface area contributed by atoms with Crippen LogP contribution in [0.15, 0.2) is 0 Å². The van der Waals surface area contributed by atoms with Crippen LogP contribution in [0.5, 0.6) is 0 Å². The van der Waals surface area contributed by atoms with Crippen LogP contribution < -0.4 is 0 Å². The second kappa shape index (κ2) is 4.13. The zero-order valence-corrected chi connectivity index (χ0v) is 6.89. The van der Waals surface area contributed by atoms with Crippen LogP contribution in [-0.2, 0) is 14.3 Å². The molecule has 0 aliphatic rings. The van der Waals surface area contributed by atoms with Crippen molar-refractivity contribution in [2.24, 2.45) is 0 Å². The van der Waals surface area contributed by atoms with E-state index in [1.165, 1.54) is 6.92 Å². The minimum atomic E-state index is -3.59. The van der Waals surface area contributed by atoms with Gasteiger partial charge in [0.15, 0.2) is 0 Å². The van der Waals surface area contributed by atoms with E-state index in [0.717, 1.165) is 6.92 Å². The summed E-state index contributed by atoms with van der Waals surface area (Å²) in [7, 11) is 0. The molecule has 0 spiro atoms. The van der Waals surface area contributed by atoms with Crippen molar-refractivity contribution in [3.05, 3.63) is 0 Å². The molecular formula is C7H10F2O3. The van der Waals surface area contributed by atoms with Crippen LogP contribution in [0.1, 0.15) is 20.3 Å². The maximum Gasteiger partial charge on any atom is 0.381 e. The highest BCUT2D eigenvalue weighted by Gasteiger charge is 2.42. The molecule has 12 heavy (non-hydrogen) atoms. The molecule has 0 saturated heterocycles. The Balaban J connectivity index is 4.29. The lowest BCUT2D eigenvalue weighted by Gasteiger charge is -2.10. The van der Waals surface area contributed by atoms with E-state index in [4.69, 9.17) is 0 Å². The quantitative estimate of drug-likeness (QED) is 0.481. The molecule has 70 valence electrons. The van der Waals surface area contributed by atoms with Crippen LogP contribution in [0.4, 0.5) is 8.78 Å². The molecule has 0 aromatic heterocycles. The first-order chi connectivity index (χ1) is 5.45. The Bertz CT molecular complexity index is 189. The van der Waals surface area contributed by atoms with Gasteiger partial charge in [0.05, 0.1) is 6.61 Å². The Morgan fingerprint density at radius 1 is 1.33 bits per heavy atom. The molecule has 0 saturated carbocycles. The molecule has 0 fully saturated rings. The third-order valence-electron chi connectivity index (χ3n) is 1.24. The predicted octanol–water partition coefficient (Wildman–Crippen LogP) is 1.16. The molecule has 3 nitrogen and oxygen atoms in total. The molecule has 0 unspecified atom stereocenters. The number of Topliss-reactive ketones (excluding diaryl/α,β-unsaturated/α-hetero) is 1. The minimum absolute atomic E-state index is 0.0790. The number of hydrogen-bond acceptors (Lipinski definition) is 3. The van der Waals surface area contributed by atoms with E-state index in [1.54, 1.807) is 0 Å². The maximum atomic E-state index is 12.5. The fourth-order valence-corrected chi connectivity index (χ4v) is 0.507. The van der Waals surface area contributed by atoms with Gasteiger partial charge in [-0.1, -0.05) is 6.92 Å². The van der Waals surface area contributed by atoms with Crippen molar-refractivity contribution in [1.29, 1.82) is 0 Å². The van der Waals surface area contributed by atoms with Crippen molar-refractivity contribution in [1.82, 2.24) is 0 Å². The van der Waals surface area contributed by atoms with E-state index in [9.17, 15) is 18.4 Å². The number of esters is 1. The average Bonchev–Trinajstić information content (AvgIpc) is 2.03. The van der Waals surface area contributed by atoms with Gasteiger partial charge < -0.3 is 4.74 Å². The second-order valence-electron chi connectivity index (χ2n) is 2.11. The van der Waals surface area contributed by atoms with E-state index in [-0.39, 0.29) is 6.61 Å². The van der Waals surface area contributed by atoms with E-state index < -0.39 is 24.1 Å². The molecule has 0 rings (SSSR count). The first kappa shape index (κ1) is 11.0. The summed E-state index contributed by atoms with van der Waals surface area (Å²) in [6.07, 6.45) is -0.690. The Morgan fingerprint density at radius 2 is 1.83 bits per heavy atom. The van der Waals surface area contributed by atoms with Crippen LogP contribution in [0.3, 0.4) is 0 Å². The largest absolute Gasteiger partial charge is 0.460 e. The topological polar surface area (TPSA) is 43.4 Å². The van der Waals surface area contributed by atoms with E-state index in [0.29, 0.717) is 0 Å². The first-order valence-corrected chi connectivity index (χ1v) is 3.55. The SMILES string of the molecule is CCOC(=O)C(=O)C(F)(F)CC. The number of rotatable bonds is 4. The van der Waals surface area contributed by atoms with Crippen LogP contribution in [0.2, 0.25) is 0 Å². The van der Waals surface area contributed by atoms with E-state index in [1.807, 2.05) is 0 Å². The molecule has 0 atom stereocenters. The third-order valence-corrected chi connectivity index (χ3v) is 1.24. The molecule has 0 aromatic carbocycles. The lowest BCUT2D eigenvalue weighted by Crippen LogP contribution is -2.35. The Labute approximate surface area is 68.7 Å². The summed E-state index contributed by atoms with van der Waals surface area (Å²) < 4.78 is 29.1. The van der Waals surface area contributed by atoms with Gasteiger partial charge in [0.25, 0.3) is 0 Å². The standard InChI is InChI=1S/C7H10F2O3/c1-3-7(8,9)5(10)6(11)12-4-2/h3-4H2,1-2H3.